The summed E-state index contributed by atoms with van der Waals surface area (Å²) in [6, 6.07) is 8.96. The van der Waals surface area contributed by atoms with Gasteiger partial charge in [0, 0.05) is 12.2 Å². The van der Waals surface area contributed by atoms with E-state index in [9.17, 15) is 17.2 Å². The van der Waals surface area contributed by atoms with Crippen molar-refractivity contribution < 1.29 is 17.2 Å². The summed E-state index contributed by atoms with van der Waals surface area (Å²) in [5.74, 6) is -1.57. The monoisotopic (exact) mass is 494 g/mol. The summed E-state index contributed by atoms with van der Waals surface area (Å²) in [4.78, 5) is 1.82. The quantitative estimate of drug-likeness (QED) is 0.564. The Morgan fingerprint density at radius 2 is 1.86 bits per heavy atom. The molecule has 28 heavy (non-hydrogen) atoms. The maximum atomic E-state index is 14.1. The molecule has 0 radical (unpaired) electrons. The van der Waals surface area contributed by atoms with Crippen molar-refractivity contribution in [3.8, 4) is 0 Å². The van der Waals surface area contributed by atoms with Gasteiger partial charge in [0.05, 0.1) is 4.47 Å². The predicted octanol–water partition coefficient (Wildman–Crippen LogP) is 5.15. The number of anilines is 1. The fourth-order valence-electron chi connectivity index (χ4n) is 3.37. The van der Waals surface area contributed by atoms with Crippen LogP contribution in [0.15, 0.2) is 45.8 Å². The van der Waals surface area contributed by atoms with E-state index in [2.05, 4.69) is 32.5 Å². The van der Waals surface area contributed by atoms with Gasteiger partial charge in [-0.3, -0.25) is 4.72 Å². The Balaban J connectivity index is 0.00000280. The molecule has 0 aliphatic carbocycles. The second kappa shape index (κ2) is 9.52. The Bertz CT molecular complexity index is 926. The first-order valence-corrected chi connectivity index (χ1v) is 11.1. The van der Waals surface area contributed by atoms with Crippen molar-refractivity contribution in [1.82, 2.24) is 4.90 Å². The van der Waals surface area contributed by atoms with E-state index in [0.717, 1.165) is 50.2 Å². The minimum atomic E-state index is -4.16. The minimum Gasteiger partial charge on any atom is -0.303 e. The number of rotatable bonds is 6. The van der Waals surface area contributed by atoms with Gasteiger partial charge in [-0.2, -0.15) is 0 Å². The lowest BCUT2D eigenvalue weighted by Gasteiger charge is -2.15. The number of sulfonamides is 1. The summed E-state index contributed by atoms with van der Waals surface area (Å²) in [7, 11) is -4.16. The van der Waals surface area contributed by atoms with E-state index in [-0.39, 0.29) is 12.4 Å². The van der Waals surface area contributed by atoms with Gasteiger partial charge in [0.2, 0.25) is 0 Å². The second-order valence-corrected chi connectivity index (χ2v) is 9.13. The molecule has 1 unspecified atom stereocenters. The smallest absolute Gasteiger partial charge is 0.264 e. The molecule has 0 spiro atoms. The summed E-state index contributed by atoms with van der Waals surface area (Å²) in [5, 5.41) is 0. The van der Waals surface area contributed by atoms with Gasteiger partial charge in [-0.25, -0.2) is 17.2 Å². The summed E-state index contributed by atoms with van der Waals surface area (Å²) >= 11 is 2.72. The predicted molar refractivity (Wildman–Crippen MR) is 113 cm³/mol. The minimum absolute atomic E-state index is 0. The van der Waals surface area contributed by atoms with Gasteiger partial charge in [0.25, 0.3) is 10.0 Å². The lowest BCUT2D eigenvalue weighted by atomic mass is 9.98. The molecule has 1 saturated heterocycles. The Kier molecular flexibility index (Phi) is 7.84. The molecule has 2 aromatic carbocycles. The average molecular weight is 496 g/mol. The Morgan fingerprint density at radius 3 is 2.50 bits per heavy atom. The molecule has 9 heteroatoms. The van der Waals surface area contributed by atoms with E-state index < -0.39 is 31.0 Å². The molecule has 1 atom stereocenters. The molecule has 1 aliphatic rings. The van der Waals surface area contributed by atoms with Gasteiger partial charge < -0.3 is 4.90 Å². The first kappa shape index (κ1) is 23.1. The maximum Gasteiger partial charge on any atom is 0.264 e. The third-order valence-corrected chi connectivity index (χ3v) is 6.86. The van der Waals surface area contributed by atoms with Crippen LogP contribution in [0, 0.1) is 11.6 Å². The zero-order chi connectivity index (χ0) is 19.6. The highest BCUT2D eigenvalue weighted by atomic mass is 79.9. The van der Waals surface area contributed by atoms with Crippen molar-refractivity contribution in [1.29, 1.82) is 0 Å². The van der Waals surface area contributed by atoms with Crippen molar-refractivity contribution in [3.63, 3.8) is 0 Å². The lowest BCUT2D eigenvalue weighted by Crippen LogP contribution is -2.20. The zero-order valence-corrected chi connectivity index (χ0v) is 18.5. The van der Waals surface area contributed by atoms with Crippen LogP contribution in [0.25, 0.3) is 0 Å². The number of likely N-dealkylation sites (tertiary alicyclic amines) is 1. The largest absolute Gasteiger partial charge is 0.303 e. The average Bonchev–Trinajstić information content (AvgIpc) is 3.09. The summed E-state index contributed by atoms with van der Waals surface area (Å²) in [6.07, 6.45) is 2.21. The molecule has 1 fully saturated rings. The van der Waals surface area contributed by atoms with Crippen LogP contribution in [0.1, 0.15) is 31.2 Å². The summed E-state index contributed by atoms with van der Waals surface area (Å²) in [6.45, 7) is 5.34. The topological polar surface area (TPSA) is 49.4 Å². The number of nitrogens with one attached hydrogen (secondary N) is 1. The first-order chi connectivity index (χ1) is 12.8. The Morgan fingerprint density at radius 1 is 1.18 bits per heavy atom. The van der Waals surface area contributed by atoms with Crippen LogP contribution in [-0.2, 0) is 10.0 Å². The third kappa shape index (κ3) is 5.03. The van der Waals surface area contributed by atoms with Crippen molar-refractivity contribution >= 4 is 44.0 Å². The van der Waals surface area contributed by atoms with Gasteiger partial charge in [-0.15, -0.1) is 12.4 Å². The second-order valence-electron chi connectivity index (χ2n) is 6.69. The molecule has 0 saturated carbocycles. The van der Waals surface area contributed by atoms with Crippen LogP contribution in [0.2, 0.25) is 0 Å². The van der Waals surface area contributed by atoms with E-state index in [0.29, 0.717) is 11.6 Å². The van der Waals surface area contributed by atoms with E-state index in [1.54, 1.807) is 12.1 Å². The highest BCUT2D eigenvalue weighted by Gasteiger charge is 2.25. The molecular formula is C19H22BrClF2N2O2S. The highest BCUT2D eigenvalue weighted by molar-refractivity contribution is 9.10. The number of halogens is 4. The first-order valence-electron chi connectivity index (χ1n) is 8.80. The van der Waals surface area contributed by atoms with Crippen molar-refractivity contribution in [2.75, 3.05) is 24.4 Å². The molecule has 154 valence electrons. The molecule has 0 aromatic heterocycles. The number of hydrogen-bond donors (Lipinski definition) is 1. The molecule has 1 heterocycles. The van der Waals surface area contributed by atoms with Gasteiger partial charge in [0.1, 0.15) is 10.7 Å². The zero-order valence-electron chi connectivity index (χ0n) is 15.3. The number of benzene rings is 2. The van der Waals surface area contributed by atoms with E-state index in [1.165, 1.54) is 0 Å². The van der Waals surface area contributed by atoms with E-state index >= 15 is 0 Å². The van der Waals surface area contributed by atoms with Crippen molar-refractivity contribution in [3.05, 3.63) is 58.1 Å². The molecule has 1 aliphatic heterocycles. The number of hydrogen-bond acceptors (Lipinski definition) is 3. The van der Waals surface area contributed by atoms with Gasteiger partial charge in [-0.05, 0) is 77.6 Å². The molecule has 1 N–H and O–H groups in total. The highest BCUT2D eigenvalue weighted by Crippen LogP contribution is 2.30. The van der Waals surface area contributed by atoms with Crippen LogP contribution < -0.4 is 4.72 Å². The van der Waals surface area contributed by atoms with Gasteiger partial charge in [0.15, 0.2) is 5.82 Å². The molecule has 3 rings (SSSR count). The lowest BCUT2D eigenvalue weighted by molar-refractivity contribution is 0.335. The molecule has 4 nitrogen and oxygen atoms in total. The van der Waals surface area contributed by atoms with Crippen LogP contribution >= 0.6 is 28.3 Å². The molecule has 2 aromatic rings. The van der Waals surface area contributed by atoms with E-state index in [4.69, 9.17) is 0 Å². The van der Waals surface area contributed by atoms with Crippen molar-refractivity contribution in [2.45, 2.75) is 30.6 Å². The summed E-state index contributed by atoms with van der Waals surface area (Å²) < 4.78 is 54.2. The SMILES string of the molecule is CCCN1CCC(c2ccc(NS(=O)(=O)c3ccc(F)c(Br)c3F)cc2)C1.Cl. The maximum absolute atomic E-state index is 14.1. The van der Waals surface area contributed by atoms with Crippen molar-refractivity contribution in [2.24, 2.45) is 0 Å². The molecule has 0 bridgehead atoms. The Labute approximate surface area is 178 Å². The van der Waals surface area contributed by atoms with Gasteiger partial charge >= 0.3 is 0 Å². The van der Waals surface area contributed by atoms with Gasteiger partial charge in [-0.1, -0.05) is 19.1 Å². The fourth-order valence-corrected chi connectivity index (χ4v) is 4.99. The molecule has 0 amide bonds. The van der Waals surface area contributed by atoms with Crippen LogP contribution in [0.4, 0.5) is 14.5 Å². The standard InChI is InChI=1S/C19H21BrF2N2O2S.ClH/c1-2-10-24-11-9-14(12-24)13-3-5-15(6-4-13)23-27(25,26)17-8-7-16(21)18(20)19(17)22;/h3-8,14,23H,2,9-12H2,1H3;1H. The normalized spacial score (nSPS) is 17.4. The number of nitrogens with zero attached hydrogens (tertiary/aromatic N) is 1. The molecular weight excluding hydrogens is 474 g/mol. The van der Waals surface area contributed by atoms with Crippen LogP contribution in [0.3, 0.4) is 0 Å². The van der Waals surface area contributed by atoms with Crippen LogP contribution in [-0.4, -0.2) is 33.0 Å². The van der Waals surface area contributed by atoms with E-state index in [1.807, 2.05) is 12.1 Å². The summed E-state index contributed by atoms with van der Waals surface area (Å²) in [5.41, 5.74) is 1.49. The Hall–Kier alpha value is -1.22. The third-order valence-electron chi connectivity index (χ3n) is 4.74. The van der Waals surface area contributed by atoms with Crippen LogP contribution in [0.5, 0.6) is 0 Å². The fraction of sp³-hybridized carbons (Fsp3) is 0.368.